The maximum absolute atomic E-state index is 12.1. The van der Waals surface area contributed by atoms with Gasteiger partial charge in [0.15, 0.2) is 0 Å². The molecular formula is C23H22O6. The molecule has 0 aromatic heterocycles. The summed E-state index contributed by atoms with van der Waals surface area (Å²) in [6, 6.07) is 12.2. The van der Waals surface area contributed by atoms with Crippen LogP contribution in [0.15, 0.2) is 42.5 Å². The third-order valence-electron chi connectivity index (χ3n) is 4.43. The van der Waals surface area contributed by atoms with Gasteiger partial charge in [-0.3, -0.25) is 14.4 Å². The van der Waals surface area contributed by atoms with Gasteiger partial charge in [-0.2, -0.15) is 0 Å². The topological polar surface area (TPSA) is 78.9 Å². The van der Waals surface area contributed by atoms with Crippen molar-refractivity contribution in [1.29, 1.82) is 0 Å². The van der Waals surface area contributed by atoms with Gasteiger partial charge >= 0.3 is 17.9 Å². The predicted molar refractivity (Wildman–Crippen MR) is 109 cm³/mol. The second-order valence-electron chi connectivity index (χ2n) is 6.39. The molecule has 0 unspecified atom stereocenters. The Balaban J connectivity index is 2.34. The molecule has 3 aromatic carbocycles. The molecule has 3 rings (SSSR count). The molecule has 0 atom stereocenters. The summed E-state index contributed by atoms with van der Waals surface area (Å²) in [6.07, 6.45) is 0.647. The molecule has 0 radical (unpaired) electrons. The highest BCUT2D eigenvalue weighted by atomic mass is 16.5. The minimum absolute atomic E-state index is 0.201. The Labute approximate surface area is 168 Å². The molecule has 29 heavy (non-hydrogen) atoms. The Morgan fingerprint density at radius 2 is 1.07 bits per heavy atom. The Bertz CT molecular complexity index is 1100. The molecule has 0 aliphatic heterocycles. The van der Waals surface area contributed by atoms with E-state index in [2.05, 4.69) is 0 Å². The fourth-order valence-corrected chi connectivity index (χ4v) is 2.94. The van der Waals surface area contributed by atoms with E-state index in [0.29, 0.717) is 38.8 Å². The van der Waals surface area contributed by atoms with Crippen LogP contribution in [0.1, 0.15) is 40.0 Å². The molecule has 0 fully saturated rings. The minimum Gasteiger partial charge on any atom is -0.427 e. The molecule has 0 heterocycles. The molecule has 0 N–H and O–H groups in total. The van der Waals surface area contributed by atoms with Gasteiger partial charge in [-0.1, -0.05) is 45.0 Å². The van der Waals surface area contributed by atoms with Gasteiger partial charge in [0.25, 0.3) is 0 Å². The second-order valence-corrected chi connectivity index (χ2v) is 6.39. The smallest absolute Gasteiger partial charge is 0.310 e. The number of hydrogen-bond donors (Lipinski definition) is 0. The molecule has 0 aliphatic carbocycles. The molecule has 6 nitrogen and oxygen atoms in total. The van der Waals surface area contributed by atoms with Crippen LogP contribution in [0, 0.1) is 0 Å². The Hall–Kier alpha value is -3.41. The zero-order valence-electron chi connectivity index (χ0n) is 16.6. The van der Waals surface area contributed by atoms with Crippen LogP contribution in [0.3, 0.4) is 0 Å². The zero-order valence-corrected chi connectivity index (χ0v) is 16.6. The average Bonchev–Trinajstić information content (AvgIpc) is 2.75. The van der Waals surface area contributed by atoms with Crippen molar-refractivity contribution in [3.63, 3.8) is 0 Å². The Morgan fingerprint density at radius 1 is 0.621 bits per heavy atom. The SMILES string of the molecule is CCC(=O)Oc1ccc2c(OC(=O)CC)c3ccccc3c(OC(=O)CC)c2c1. The number of ether oxygens (including phenoxy) is 3. The number of esters is 3. The Kier molecular flexibility index (Phi) is 6.12. The summed E-state index contributed by atoms with van der Waals surface area (Å²) in [4.78, 5) is 35.9. The molecule has 0 aliphatic rings. The van der Waals surface area contributed by atoms with E-state index in [4.69, 9.17) is 14.2 Å². The number of benzene rings is 3. The van der Waals surface area contributed by atoms with E-state index in [-0.39, 0.29) is 31.2 Å². The van der Waals surface area contributed by atoms with Crippen molar-refractivity contribution in [1.82, 2.24) is 0 Å². The molecule has 6 heteroatoms. The van der Waals surface area contributed by atoms with Crippen LogP contribution < -0.4 is 14.2 Å². The summed E-state index contributed by atoms with van der Waals surface area (Å²) in [5, 5.41) is 2.38. The lowest BCUT2D eigenvalue weighted by atomic mass is 10.00. The fourth-order valence-electron chi connectivity index (χ4n) is 2.94. The first-order valence-electron chi connectivity index (χ1n) is 9.58. The second kappa shape index (κ2) is 8.73. The van der Waals surface area contributed by atoms with Gasteiger partial charge in [0.1, 0.15) is 17.2 Å². The van der Waals surface area contributed by atoms with Crippen LogP contribution in [0.4, 0.5) is 0 Å². The third kappa shape index (κ3) is 4.21. The molecule has 0 spiro atoms. The van der Waals surface area contributed by atoms with Crippen molar-refractivity contribution in [3.05, 3.63) is 42.5 Å². The first-order chi connectivity index (χ1) is 14.0. The average molecular weight is 394 g/mol. The van der Waals surface area contributed by atoms with Crippen molar-refractivity contribution in [2.75, 3.05) is 0 Å². The van der Waals surface area contributed by atoms with Gasteiger partial charge < -0.3 is 14.2 Å². The summed E-state index contributed by atoms with van der Waals surface area (Å²) in [5.41, 5.74) is 0. The van der Waals surface area contributed by atoms with Gasteiger partial charge in [-0.05, 0) is 18.2 Å². The number of hydrogen-bond acceptors (Lipinski definition) is 6. The minimum atomic E-state index is -0.397. The highest BCUT2D eigenvalue weighted by Crippen LogP contribution is 2.44. The lowest BCUT2D eigenvalue weighted by molar-refractivity contribution is -0.134. The third-order valence-corrected chi connectivity index (χ3v) is 4.43. The summed E-state index contributed by atoms with van der Waals surface area (Å²) < 4.78 is 16.6. The molecule has 0 amide bonds. The number of fused-ring (bicyclic) bond motifs is 2. The number of carbonyl (C=O) groups excluding carboxylic acids is 3. The van der Waals surface area contributed by atoms with Crippen molar-refractivity contribution in [2.45, 2.75) is 40.0 Å². The molecular weight excluding hydrogens is 372 g/mol. The van der Waals surface area contributed by atoms with Gasteiger partial charge in [-0.15, -0.1) is 0 Å². The molecule has 0 saturated heterocycles. The summed E-state index contributed by atoms with van der Waals surface area (Å²) in [6.45, 7) is 5.12. The van der Waals surface area contributed by atoms with Crippen molar-refractivity contribution in [3.8, 4) is 17.2 Å². The quantitative estimate of drug-likeness (QED) is 0.335. The summed E-state index contributed by atoms with van der Waals surface area (Å²) >= 11 is 0. The highest BCUT2D eigenvalue weighted by molar-refractivity contribution is 6.13. The monoisotopic (exact) mass is 394 g/mol. The van der Waals surface area contributed by atoms with E-state index in [0.717, 1.165) is 0 Å². The summed E-state index contributed by atoms with van der Waals surface area (Å²) in [7, 11) is 0. The normalized spacial score (nSPS) is 10.7. The Morgan fingerprint density at radius 3 is 1.59 bits per heavy atom. The van der Waals surface area contributed by atoms with Gasteiger partial charge in [-0.25, -0.2) is 0 Å². The standard InChI is InChI=1S/C23H22O6/c1-4-19(24)27-14-11-12-17-18(13-14)23(29-21(26)6-3)16-10-8-7-9-15(16)22(17)28-20(25)5-2/h7-13H,4-6H2,1-3H3. The molecule has 0 saturated carbocycles. The molecule has 150 valence electrons. The van der Waals surface area contributed by atoms with E-state index in [1.807, 2.05) is 12.1 Å². The highest BCUT2D eigenvalue weighted by Gasteiger charge is 2.20. The fraction of sp³-hybridized carbons (Fsp3) is 0.261. The van der Waals surface area contributed by atoms with Crippen LogP contribution in [0.2, 0.25) is 0 Å². The van der Waals surface area contributed by atoms with Crippen LogP contribution in [-0.4, -0.2) is 17.9 Å². The number of carbonyl (C=O) groups is 3. The van der Waals surface area contributed by atoms with E-state index < -0.39 is 5.97 Å². The lowest BCUT2D eigenvalue weighted by Crippen LogP contribution is -2.09. The predicted octanol–water partition coefficient (Wildman–Crippen LogP) is 4.94. The first kappa shape index (κ1) is 20.3. The van der Waals surface area contributed by atoms with Crippen molar-refractivity contribution < 1.29 is 28.6 Å². The maximum Gasteiger partial charge on any atom is 0.310 e. The van der Waals surface area contributed by atoms with E-state index in [1.54, 1.807) is 51.1 Å². The van der Waals surface area contributed by atoms with Crippen molar-refractivity contribution >= 4 is 39.5 Å². The molecule has 0 bridgehead atoms. The van der Waals surface area contributed by atoms with E-state index >= 15 is 0 Å². The van der Waals surface area contributed by atoms with Crippen LogP contribution in [-0.2, 0) is 14.4 Å². The summed E-state index contributed by atoms with van der Waals surface area (Å²) in [5.74, 6) is -0.113. The van der Waals surface area contributed by atoms with Gasteiger partial charge in [0, 0.05) is 40.8 Å². The van der Waals surface area contributed by atoms with Crippen LogP contribution in [0.5, 0.6) is 17.2 Å². The van der Waals surface area contributed by atoms with Crippen LogP contribution in [0.25, 0.3) is 21.5 Å². The van der Waals surface area contributed by atoms with Crippen molar-refractivity contribution in [2.24, 2.45) is 0 Å². The number of rotatable bonds is 6. The maximum atomic E-state index is 12.1. The first-order valence-corrected chi connectivity index (χ1v) is 9.58. The van der Waals surface area contributed by atoms with E-state index in [1.165, 1.54) is 0 Å². The lowest BCUT2D eigenvalue weighted by Gasteiger charge is -2.16. The van der Waals surface area contributed by atoms with E-state index in [9.17, 15) is 14.4 Å². The van der Waals surface area contributed by atoms with Gasteiger partial charge in [0.2, 0.25) is 0 Å². The largest absolute Gasteiger partial charge is 0.427 e. The molecule has 3 aromatic rings. The zero-order chi connectivity index (χ0) is 21.0. The van der Waals surface area contributed by atoms with Gasteiger partial charge in [0.05, 0.1) is 0 Å². The van der Waals surface area contributed by atoms with Crippen LogP contribution >= 0.6 is 0 Å².